The van der Waals surface area contributed by atoms with Crippen molar-refractivity contribution >= 4 is 0 Å². The Morgan fingerprint density at radius 1 is 0.364 bits per heavy atom. The second-order valence-electron chi connectivity index (χ2n) is 7.59. The maximum absolute atomic E-state index is 2.34. The first-order chi connectivity index (χ1) is 10.8. The van der Waals surface area contributed by atoms with Crippen molar-refractivity contribution in [3.63, 3.8) is 0 Å². The molecular formula is C22H46. The first kappa shape index (κ1) is 22.0. The molecule has 0 amide bonds. The van der Waals surface area contributed by atoms with Crippen molar-refractivity contribution in [2.75, 3.05) is 0 Å². The molecular weight excluding hydrogens is 264 g/mol. The van der Waals surface area contributed by atoms with Gasteiger partial charge in [-0.15, -0.1) is 0 Å². The fraction of sp³-hybridized carbons (Fsp3) is 1.00. The Morgan fingerprint density at radius 3 is 0.818 bits per heavy atom. The van der Waals surface area contributed by atoms with Crippen LogP contribution in [0.3, 0.4) is 0 Å². The molecule has 0 aliphatic rings. The smallest absolute Gasteiger partial charge is 0.0414 e. The Morgan fingerprint density at radius 2 is 0.591 bits per heavy atom. The van der Waals surface area contributed by atoms with Gasteiger partial charge in [0.25, 0.3) is 0 Å². The summed E-state index contributed by atoms with van der Waals surface area (Å²) in [6.45, 7) is 9.34. The van der Waals surface area contributed by atoms with E-state index in [1.165, 1.54) is 103 Å². The summed E-state index contributed by atoms with van der Waals surface area (Å²) in [4.78, 5) is 0. The molecule has 0 atom stereocenters. The Hall–Kier alpha value is 0. The summed E-state index contributed by atoms with van der Waals surface area (Å²) in [7, 11) is 0. The van der Waals surface area contributed by atoms with Crippen LogP contribution in [0.2, 0.25) is 0 Å². The lowest BCUT2D eigenvalue weighted by molar-refractivity contribution is 0.346. The first-order valence-corrected chi connectivity index (χ1v) is 10.8. The van der Waals surface area contributed by atoms with Crippen LogP contribution in [-0.2, 0) is 0 Å². The van der Waals surface area contributed by atoms with Crippen LogP contribution in [0.1, 0.15) is 130 Å². The topological polar surface area (TPSA) is 0 Å². The minimum absolute atomic E-state index is 1.03. The molecule has 0 aliphatic heterocycles. The Labute approximate surface area is 142 Å². The molecule has 0 unspecified atom stereocenters. The maximum atomic E-state index is 2.34. The molecule has 0 nitrogen and oxygen atoms in total. The van der Waals surface area contributed by atoms with Gasteiger partial charge >= 0.3 is 0 Å². The molecule has 134 valence electrons. The summed E-state index contributed by atoms with van der Waals surface area (Å²) in [5.74, 6) is 2.06. The third-order valence-corrected chi connectivity index (χ3v) is 5.34. The van der Waals surface area contributed by atoms with Crippen molar-refractivity contribution in [2.24, 2.45) is 11.8 Å². The van der Waals surface area contributed by atoms with Gasteiger partial charge in [-0.1, -0.05) is 130 Å². The number of hydrogen-bond acceptors (Lipinski definition) is 0. The summed E-state index contributed by atoms with van der Waals surface area (Å²) in [5.41, 5.74) is 0. The molecule has 0 rings (SSSR count). The summed E-state index contributed by atoms with van der Waals surface area (Å²) < 4.78 is 0. The van der Waals surface area contributed by atoms with E-state index in [2.05, 4.69) is 27.7 Å². The van der Waals surface area contributed by atoms with Crippen LogP contribution in [0.4, 0.5) is 0 Å². The van der Waals surface area contributed by atoms with Crippen molar-refractivity contribution < 1.29 is 0 Å². The molecule has 0 saturated heterocycles. The Bertz CT molecular complexity index is 158. The van der Waals surface area contributed by atoms with Gasteiger partial charge in [-0.05, 0) is 11.8 Å². The van der Waals surface area contributed by atoms with E-state index in [1.807, 2.05) is 0 Å². The van der Waals surface area contributed by atoms with Crippen molar-refractivity contribution in [3.05, 3.63) is 0 Å². The van der Waals surface area contributed by atoms with Crippen LogP contribution >= 0.6 is 0 Å². The van der Waals surface area contributed by atoms with Gasteiger partial charge < -0.3 is 0 Å². The largest absolute Gasteiger partial charge is 0.0654 e. The van der Waals surface area contributed by atoms with Gasteiger partial charge in [0.05, 0.1) is 0 Å². The highest BCUT2D eigenvalue weighted by Crippen LogP contribution is 2.26. The SMILES string of the molecule is CCCCC(CCCC)CCCCC(CCCC)CCCC. The quantitative estimate of drug-likeness (QED) is 0.236. The molecule has 0 aliphatic carbocycles. The second-order valence-corrected chi connectivity index (χ2v) is 7.59. The van der Waals surface area contributed by atoms with Crippen LogP contribution < -0.4 is 0 Å². The van der Waals surface area contributed by atoms with Gasteiger partial charge in [0.2, 0.25) is 0 Å². The van der Waals surface area contributed by atoms with E-state index >= 15 is 0 Å². The zero-order chi connectivity index (χ0) is 16.5. The van der Waals surface area contributed by atoms with Gasteiger partial charge in [-0.3, -0.25) is 0 Å². The van der Waals surface area contributed by atoms with Gasteiger partial charge in [-0.25, -0.2) is 0 Å². The first-order valence-electron chi connectivity index (χ1n) is 10.8. The summed E-state index contributed by atoms with van der Waals surface area (Å²) >= 11 is 0. The highest BCUT2D eigenvalue weighted by atomic mass is 14.2. The molecule has 0 spiro atoms. The molecule has 0 saturated carbocycles. The fourth-order valence-electron chi connectivity index (χ4n) is 3.70. The Balaban J connectivity index is 3.88. The lowest BCUT2D eigenvalue weighted by atomic mass is 9.87. The maximum Gasteiger partial charge on any atom is -0.0414 e. The molecule has 0 radical (unpaired) electrons. The third-order valence-electron chi connectivity index (χ3n) is 5.34. The van der Waals surface area contributed by atoms with Gasteiger partial charge in [0, 0.05) is 0 Å². The van der Waals surface area contributed by atoms with Crippen LogP contribution in [-0.4, -0.2) is 0 Å². The predicted molar refractivity (Wildman–Crippen MR) is 104 cm³/mol. The zero-order valence-corrected chi connectivity index (χ0v) is 16.5. The van der Waals surface area contributed by atoms with Crippen molar-refractivity contribution in [1.29, 1.82) is 0 Å². The minimum Gasteiger partial charge on any atom is -0.0654 e. The van der Waals surface area contributed by atoms with Gasteiger partial charge in [-0.2, -0.15) is 0 Å². The molecule has 0 bridgehead atoms. The fourth-order valence-corrected chi connectivity index (χ4v) is 3.70. The lowest BCUT2D eigenvalue weighted by Crippen LogP contribution is -2.04. The molecule has 0 aromatic heterocycles. The van der Waals surface area contributed by atoms with E-state index in [0.29, 0.717) is 0 Å². The van der Waals surface area contributed by atoms with Crippen molar-refractivity contribution in [1.82, 2.24) is 0 Å². The van der Waals surface area contributed by atoms with E-state index < -0.39 is 0 Å². The monoisotopic (exact) mass is 310 g/mol. The second kappa shape index (κ2) is 17.4. The highest BCUT2D eigenvalue weighted by molar-refractivity contribution is 4.64. The van der Waals surface area contributed by atoms with Crippen LogP contribution in [0.5, 0.6) is 0 Å². The predicted octanol–water partition coefficient (Wildman–Crippen LogP) is 8.54. The number of rotatable bonds is 17. The van der Waals surface area contributed by atoms with Crippen LogP contribution in [0.15, 0.2) is 0 Å². The normalized spacial score (nSPS) is 11.7. The lowest BCUT2D eigenvalue weighted by Gasteiger charge is -2.19. The molecule has 0 heteroatoms. The molecule has 0 aromatic rings. The van der Waals surface area contributed by atoms with Crippen LogP contribution in [0, 0.1) is 11.8 Å². The van der Waals surface area contributed by atoms with Crippen molar-refractivity contribution in [3.8, 4) is 0 Å². The average molecular weight is 311 g/mol. The number of unbranched alkanes of at least 4 members (excludes halogenated alkanes) is 5. The van der Waals surface area contributed by atoms with E-state index in [4.69, 9.17) is 0 Å². The van der Waals surface area contributed by atoms with E-state index in [1.54, 1.807) is 0 Å². The van der Waals surface area contributed by atoms with Gasteiger partial charge in [0.15, 0.2) is 0 Å². The van der Waals surface area contributed by atoms with Crippen LogP contribution in [0.25, 0.3) is 0 Å². The molecule has 0 N–H and O–H groups in total. The Kier molecular flexibility index (Phi) is 17.4. The molecule has 0 fully saturated rings. The van der Waals surface area contributed by atoms with E-state index in [0.717, 1.165) is 11.8 Å². The number of hydrogen-bond donors (Lipinski definition) is 0. The summed E-state index contributed by atoms with van der Waals surface area (Å²) in [5, 5.41) is 0. The summed E-state index contributed by atoms with van der Waals surface area (Å²) in [6.07, 6.45) is 23.3. The minimum atomic E-state index is 1.03. The third kappa shape index (κ3) is 13.6. The summed E-state index contributed by atoms with van der Waals surface area (Å²) in [6, 6.07) is 0. The van der Waals surface area contributed by atoms with Gasteiger partial charge in [0.1, 0.15) is 0 Å². The molecule has 22 heavy (non-hydrogen) atoms. The average Bonchev–Trinajstić information content (AvgIpc) is 2.54. The standard InChI is InChI=1S/C22H46/c1-5-9-15-21(16-10-6-2)19-13-14-20-22(17-11-7-3)18-12-8-4/h21-22H,5-20H2,1-4H3. The van der Waals surface area contributed by atoms with Crippen molar-refractivity contribution in [2.45, 2.75) is 130 Å². The molecule has 0 heterocycles. The van der Waals surface area contributed by atoms with E-state index in [-0.39, 0.29) is 0 Å². The van der Waals surface area contributed by atoms with E-state index in [9.17, 15) is 0 Å². The molecule has 0 aromatic carbocycles. The highest BCUT2D eigenvalue weighted by Gasteiger charge is 2.10. The zero-order valence-electron chi connectivity index (χ0n) is 16.5.